The van der Waals surface area contributed by atoms with Crippen LogP contribution in [0.15, 0.2) is 0 Å². The Labute approximate surface area is 188 Å². The van der Waals surface area contributed by atoms with Crippen molar-refractivity contribution in [2.75, 3.05) is 45.8 Å². The standard InChI is InChI=1S/C20H36N4O8/c1-13-7-22(11-19(28)29)15(3)9-24(32-17(5)25)16(4)8-23(12-20(30)31)14(2)6-21(13)10-18(26)27/h13-16H,6-12H2,1-5H3,(H,26,27)(H,28,29)(H,30,31)/t13-,14-,15-,16-/m0/s1. The van der Waals surface area contributed by atoms with Gasteiger partial charge in [-0.25, -0.2) is 0 Å². The minimum Gasteiger partial charge on any atom is -0.480 e. The SMILES string of the molecule is CC(=O)ON1C[C@H](C)N(CC(=O)O)C[C@H](C)N(CC(=O)O)C[C@H](C)N(CC(=O)O)C[C@@H]1C. The lowest BCUT2D eigenvalue weighted by Crippen LogP contribution is -2.57. The third kappa shape index (κ3) is 9.47. The number of hydrogen-bond acceptors (Lipinski definition) is 9. The van der Waals surface area contributed by atoms with Crippen LogP contribution in [-0.4, -0.2) is 129 Å². The van der Waals surface area contributed by atoms with Crippen molar-refractivity contribution in [3.05, 3.63) is 0 Å². The zero-order chi connectivity index (χ0) is 24.6. The van der Waals surface area contributed by atoms with Gasteiger partial charge >= 0.3 is 23.9 Å². The van der Waals surface area contributed by atoms with Gasteiger partial charge in [-0.15, -0.1) is 5.06 Å². The van der Waals surface area contributed by atoms with Crippen LogP contribution in [0.2, 0.25) is 0 Å². The number of aliphatic carboxylic acids is 3. The lowest BCUT2D eigenvalue weighted by atomic mass is 10.1. The summed E-state index contributed by atoms with van der Waals surface area (Å²) in [6.07, 6.45) is 0. The van der Waals surface area contributed by atoms with Gasteiger partial charge in [0.1, 0.15) is 0 Å². The Morgan fingerprint density at radius 1 is 0.656 bits per heavy atom. The maximum absolute atomic E-state index is 11.7. The Hall–Kier alpha value is -2.28. The van der Waals surface area contributed by atoms with Crippen LogP contribution >= 0.6 is 0 Å². The van der Waals surface area contributed by atoms with Crippen molar-refractivity contribution in [2.45, 2.75) is 58.8 Å². The molecule has 4 atom stereocenters. The second-order valence-corrected chi connectivity index (χ2v) is 8.55. The minimum absolute atomic E-state index is 0.203. The summed E-state index contributed by atoms with van der Waals surface area (Å²) in [5, 5.41) is 29.6. The van der Waals surface area contributed by atoms with E-state index in [0.29, 0.717) is 0 Å². The van der Waals surface area contributed by atoms with Crippen LogP contribution in [0.4, 0.5) is 0 Å². The molecule has 1 aliphatic rings. The number of hydroxylamine groups is 2. The first-order valence-electron chi connectivity index (χ1n) is 10.6. The largest absolute Gasteiger partial charge is 0.480 e. The first-order chi connectivity index (χ1) is 14.8. The zero-order valence-electron chi connectivity index (χ0n) is 19.4. The van der Waals surface area contributed by atoms with E-state index in [2.05, 4.69) is 0 Å². The molecule has 0 bridgehead atoms. The Morgan fingerprint density at radius 2 is 0.969 bits per heavy atom. The Kier molecular flexibility index (Phi) is 11.0. The molecule has 0 radical (unpaired) electrons. The normalized spacial score (nSPS) is 27.8. The van der Waals surface area contributed by atoms with Crippen molar-refractivity contribution in [3.8, 4) is 0 Å². The predicted octanol–water partition coefficient (Wildman–Crippen LogP) is -0.506. The van der Waals surface area contributed by atoms with E-state index in [0.717, 1.165) is 0 Å². The summed E-state index contributed by atoms with van der Waals surface area (Å²) in [6, 6.07) is -1.37. The number of carbonyl (C=O) groups excluding carboxylic acids is 1. The van der Waals surface area contributed by atoms with Gasteiger partial charge in [-0.1, -0.05) is 0 Å². The number of rotatable bonds is 7. The molecule has 1 heterocycles. The summed E-state index contributed by atoms with van der Waals surface area (Å²) >= 11 is 0. The molecular weight excluding hydrogens is 424 g/mol. The maximum atomic E-state index is 11.7. The quantitative estimate of drug-likeness (QED) is 0.449. The van der Waals surface area contributed by atoms with E-state index < -0.39 is 23.9 Å². The Balaban J connectivity index is 3.34. The summed E-state index contributed by atoms with van der Waals surface area (Å²) in [5.41, 5.74) is 0. The molecule has 0 aromatic heterocycles. The second-order valence-electron chi connectivity index (χ2n) is 8.55. The van der Waals surface area contributed by atoms with Crippen molar-refractivity contribution >= 4 is 23.9 Å². The van der Waals surface area contributed by atoms with E-state index in [1.807, 2.05) is 20.8 Å². The third-order valence-electron chi connectivity index (χ3n) is 5.56. The summed E-state index contributed by atoms with van der Waals surface area (Å²) in [7, 11) is 0. The highest BCUT2D eigenvalue weighted by molar-refractivity contribution is 5.70. The average Bonchev–Trinajstić information content (AvgIpc) is 2.63. The van der Waals surface area contributed by atoms with Crippen LogP contribution in [0.1, 0.15) is 34.6 Å². The van der Waals surface area contributed by atoms with Crippen LogP contribution in [0.5, 0.6) is 0 Å². The van der Waals surface area contributed by atoms with Crippen LogP contribution < -0.4 is 0 Å². The first-order valence-corrected chi connectivity index (χ1v) is 10.6. The third-order valence-corrected chi connectivity index (χ3v) is 5.56. The summed E-state index contributed by atoms with van der Waals surface area (Å²) in [5.74, 6) is -3.59. The van der Waals surface area contributed by atoms with Crippen molar-refractivity contribution in [3.63, 3.8) is 0 Å². The highest BCUT2D eigenvalue weighted by Gasteiger charge is 2.32. The molecule has 0 saturated carbocycles. The van der Waals surface area contributed by atoms with Crippen LogP contribution in [-0.2, 0) is 24.0 Å². The molecule has 0 spiro atoms. The molecule has 3 N–H and O–H groups in total. The van der Waals surface area contributed by atoms with Crippen LogP contribution in [0.25, 0.3) is 0 Å². The Bertz CT molecular complexity index is 564. The molecule has 0 unspecified atom stereocenters. The fourth-order valence-electron chi connectivity index (χ4n) is 3.91. The fraction of sp³-hybridized carbons (Fsp3) is 0.800. The molecule has 0 aliphatic carbocycles. The van der Waals surface area contributed by atoms with Crippen LogP contribution in [0.3, 0.4) is 0 Å². The van der Waals surface area contributed by atoms with Gasteiger partial charge in [0, 0.05) is 44.7 Å². The van der Waals surface area contributed by atoms with E-state index in [1.54, 1.807) is 21.6 Å². The van der Waals surface area contributed by atoms with Crippen molar-refractivity contribution in [2.24, 2.45) is 0 Å². The molecule has 32 heavy (non-hydrogen) atoms. The maximum Gasteiger partial charge on any atom is 0.322 e. The molecule has 0 aromatic carbocycles. The number of nitrogens with zero attached hydrogens (tertiary/aromatic N) is 4. The van der Waals surface area contributed by atoms with Crippen LogP contribution in [0, 0.1) is 0 Å². The fourth-order valence-corrected chi connectivity index (χ4v) is 3.91. The lowest BCUT2D eigenvalue weighted by Gasteiger charge is -2.42. The molecule has 0 amide bonds. The zero-order valence-corrected chi connectivity index (χ0v) is 19.4. The summed E-state index contributed by atoms with van der Waals surface area (Å²) < 4.78 is 0. The van der Waals surface area contributed by atoms with Crippen molar-refractivity contribution in [1.82, 2.24) is 19.8 Å². The van der Waals surface area contributed by atoms with E-state index in [1.165, 1.54) is 12.0 Å². The number of carboxylic acids is 3. The molecule has 12 heteroatoms. The molecule has 0 aromatic rings. The first kappa shape index (κ1) is 27.8. The van der Waals surface area contributed by atoms with E-state index in [4.69, 9.17) is 4.84 Å². The minimum atomic E-state index is -1.02. The van der Waals surface area contributed by atoms with Gasteiger partial charge in [-0.05, 0) is 27.7 Å². The number of carboxylic acid groups (broad SMARTS) is 3. The average molecular weight is 461 g/mol. The second kappa shape index (κ2) is 12.7. The number of carbonyl (C=O) groups is 4. The molecular formula is C20H36N4O8. The van der Waals surface area contributed by atoms with Gasteiger partial charge in [-0.2, -0.15) is 0 Å². The van der Waals surface area contributed by atoms with Gasteiger partial charge < -0.3 is 20.2 Å². The van der Waals surface area contributed by atoms with Gasteiger partial charge in [0.25, 0.3) is 0 Å². The Morgan fingerprint density at radius 3 is 1.28 bits per heavy atom. The highest BCUT2D eigenvalue weighted by atomic mass is 16.7. The summed E-state index contributed by atoms with van der Waals surface area (Å²) in [4.78, 5) is 56.6. The molecule has 184 valence electrons. The number of hydrogen-bond donors (Lipinski definition) is 3. The van der Waals surface area contributed by atoms with Crippen molar-refractivity contribution in [1.29, 1.82) is 0 Å². The molecule has 12 nitrogen and oxygen atoms in total. The molecule has 1 aliphatic heterocycles. The van der Waals surface area contributed by atoms with E-state index >= 15 is 0 Å². The van der Waals surface area contributed by atoms with Gasteiger partial charge in [0.2, 0.25) is 0 Å². The highest BCUT2D eigenvalue weighted by Crippen LogP contribution is 2.15. The lowest BCUT2D eigenvalue weighted by molar-refractivity contribution is -0.204. The smallest absolute Gasteiger partial charge is 0.322 e. The monoisotopic (exact) mass is 460 g/mol. The topological polar surface area (TPSA) is 151 Å². The summed E-state index contributed by atoms with van der Waals surface area (Å²) in [6.45, 7) is 8.75. The van der Waals surface area contributed by atoms with Gasteiger partial charge in [0.15, 0.2) is 0 Å². The van der Waals surface area contributed by atoms with Gasteiger partial charge in [0.05, 0.1) is 32.2 Å². The van der Waals surface area contributed by atoms with E-state index in [-0.39, 0.29) is 70.0 Å². The predicted molar refractivity (Wildman–Crippen MR) is 114 cm³/mol. The van der Waals surface area contributed by atoms with Crippen molar-refractivity contribution < 1.29 is 39.3 Å². The molecule has 1 rings (SSSR count). The van der Waals surface area contributed by atoms with E-state index in [9.17, 15) is 34.5 Å². The van der Waals surface area contributed by atoms with Gasteiger partial charge in [-0.3, -0.25) is 33.9 Å². The molecule has 1 fully saturated rings. The molecule has 1 saturated heterocycles.